The number of nitrogens with zero attached hydrogens (tertiary/aromatic N) is 1. The Hall–Kier alpha value is -1.40. The van der Waals surface area contributed by atoms with Crippen molar-refractivity contribution in [1.82, 2.24) is 15.3 Å². The molecule has 0 unspecified atom stereocenters. The summed E-state index contributed by atoms with van der Waals surface area (Å²) < 4.78 is 1.06. The zero-order valence-corrected chi connectivity index (χ0v) is 11.9. The van der Waals surface area contributed by atoms with Gasteiger partial charge in [-0.3, -0.25) is 4.79 Å². The molecule has 0 fully saturated rings. The molecule has 2 heterocycles. The van der Waals surface area contributed by atoms with Gasteiger partial charge in [0.2, 0.25) is 5.91 Å². The average Bonchev–Trinajstić information content (AvgIpc) is 2.98. The first-order chi connectivity index (χ1) is 8.74. The van der Waals surface area contributed by atoms with Crippen molar-refractivity contribution < 1.29 is 4.79 Å². The van der Waals surface area contributed by atoms with Crippen molar-refractivity contribution in [1.29, 1.82) is 0 Å². The summed E-state index contributed by atoms with van der Waals surface area (Å²) in [5.41, 5.74) is 0. The Morgan fingerprint density at radius 1 is 1.56 bits per heavy atom. The van der Waals surface area contributed by atoms with Gasteiger partial charge in [-0.15, -0.1) is 11.3 Å². The van der Waals surface area contributed by atoms with Gasteiger partial charge in [-0.05, 0) is 34.1 Å². The van der Waals surface area contributed by atoms with Crippen molar-refractivity contribution in [2.75, 3.05) is 6.54 Å². The van der Waals surface area contributed by atoms with E-state index in [1.807, 2.05) is 12.1 Å². The predicted molar refractivity (Wildman–Crippen MR) is 76.4 cm³/mol. The number of aromatic amines is 1. The van der Waals surface area contributed by atoms with E-state index in [9.17, 15) is 4.79 Å². The molecule has 2 N–H and O–H groups in total. The second-order valence-electron chi connectivity index (χ2n) is 3.55. The van der Waals surface area contributed by atoms with Crippen molar-refractivity contribution in [3.63, 3.8) is 0 Å². The van der Waals surface area contributed by atoms with Crippen LogP contribution >= 0.6 is 27.3 Å². The molecule has 1 amide bonds. The normalized spacial score (nSPS) is 10.9. The van der Waals surface area contributed by atoms with E-state index in [1.165, 1.54) is 0 Å². The van der Waals surface area contributed by atoms with Crippen LogP contribution in [0.25, 0.3) is 6.08 Å². The molecule has 0 aliphatic heterocycles. The van der Waals surface area contributed by atoms with Gasteiger partial charge in [-0.1, -0.05) is 0 Å². The zero-order chi connectivity index (χ0) is 12.8. The number of imidazole rings is 1. The Morgan fingerprint density at radius 2 is 2.44 bits per heavy atom. The fraction of sp³-hybridized carbons (Fsp3) is 0.167. The maximum Gasteiger partial charge on any atom is 0.244 e. The van der Waals surface area contributed by atoms with Crippen LogP contribution in [0.4, 0.5) is 0 Å². The van der Waals surface area contributed by atoms with Crippen molar-refractivity contribution in [3.8, 4) is 0 Å². The fourth-order valence-corrected chi connectivity index (χ4v) is 2.70. The minimum atomic E-state index is -0.0916. The summed E-state index contributed by atoms with van der Waals surface area (Å²) in [6.07, 6.45) is 7.52. The number of rotatable bonds is 5. The Balaban J connectivity index is 1.73. The molecule has 0 saturated heterocycles. The van der Waals surface area contributed by atoms with E-state index in [2.05, 4.69) is 31.2 Å². The van der Waals surface area contributed by atoms with Crippen LogP contribution in [0.2, 0.25) is 0 Å². The SMILES string of the molecule is O=C(/C=C/c1ccc(Br)s1)NCCc1ncc[nH]1. The summed E-state index contributed by atoms with van der Waals surface area (Å²) in [5, 5.41) is 2.81. The minimum absolute atomic E-state index is 0.0916. The van der Waals surface area contributed by atoms with Crippen LogP contribution in [-0.2, 0) is 11.2 Å². The van der Waals surface area contributed by atoms with E-state index >= 15 is 0 Å². The van der Waals surface area contributed by atoms with E-state index in [-0.39, 0.29) is 5.91 Å². The van der Waals surface area contributed by atoms with Crippen molar-refractivity contribution >= 4 is 39.2 Å². The summed E-state index contributed by atoms with van der Waals surface area (Å²) in [5.74, 6) is 0.785. The van der Waals surface area contributed by atoms with Crippen LogP contribution < -0.4 is 5.32 Å². The topological polar surface area (TPSA) is 57.8 Å². The van der Waals surface area contributed by atoms with Crippen molar-refractivity contribution in [3.05, 3.63) is 45.1 Å². The lowest BCUT2D eigenvalue weighted by molar-refractivity contribution is -0.116. The zero-order valence-electron chi connectivity index (χ0n) is 9.52. The number of nitrogens with one attached hydrogen (secondary N) is 2. The van der Waals surface area contributed by atoms with E-state index in [1.54, 1.807) is 35.9 Å². The van der Waals surface area contributed by atoms with Crippen LogP contribution in [0, 0.1) is 0 Å². The Morgan fingerprint density at radius 3 is 3.11 bits per heavy atom. The van der Waals surface area contributed by atoms with Gasteiger partial charge in [0.15, 0.2) is 0 Å². The monoisotopic (exact) mass is 325 g/mol. The number of H-pyrrole nitrogens is 1. The summed E-state index contributed by atoms with van der Waals surface area (Å²) in [4.78, 5) is 19.6. The standard InChI is InChI=1S/C12H12BrN3OS/c13-10-3-1-9(18-10)2-4-12(17)16-6-5-11-14-7-8-15-11/h1-4,7-8H,5-6H2,(H,14,15)(H,16,17)/b4-2+. The average molecular weight is 326 g/mol. The number of hydrogen-bond acceptors (Lipinski definition) is 3. The molecule has 4 nitrogen and oxygen atoms in total. The van der Waals surface area contributed by atoms with Crippen molar-refractivity contribution in [2.24, 2.45) is 0 Å². The van der Waals surface area contributed by atoms with Gasteiger partial charge < -0.3 is 10.3 Å². The minimum Gasteiger partial charge on any atom is -0.352 e. The Bertz CT molecular complexity index is 533. The molecule has 2 aromatic heterocycles. The molecular formula is C12H12BrN3OS. The quantitative estimate of drug-likeness (QED) is 0.830. The van der Waals surface area contributed by atoms with Crippen LogP contribution in [-0.4, -0.2) is 22.4 Å². The highest BCUT2D eigenvalue weighted by atomic mass is 79.9. The number of thiophene rings is 1. The van der Waals surface area contributed by atoms with Gasteiger partial charge >= 0.3 is 0 Å². The Kier molecular flexibility index (Phi) is 4.72. The van der Waals surface area contributed by atoms with Gasteiger partial charge in [0.25, 0.3) is 0 Å². The number of carbonyl (C=O) groups is 1. The molecule has 0 saturated carbocycles. The lowest BCUT2D eigenvalue weighted by Gasteiger charge is -1.99. The summed E-state index contributed by atoms with van der Waals surface area (Å²) in [6, 6.07) is 3.92. The largest absolute Gasteiger partial charge is 0.352 e. The lowest BCUT2D eigenvalue weighted by Crippen LogP contribution is -2.23. The third-order valence-corrected chi connectivity index (χ3v) is 3.80. The summed E-state index contributed by atoms with van der Waals surface area (Å²) in [7, 11) is 0. The fourth-order valence-electron chi connectivity index (χ4n) is 1.37. The lowest BCUT2D eigenvalue weighted by atomic mass is 10.3. The number of halogens is 1. The summed E-state index contributed by atoms with van der Waals surface area (Å²) >= 11 is 4.96. The van der Waals surface area contributed by atoms with Gasteiger partial charge in [0, 0.05) is 36.3 Å². The van der Waals surface area contributed by atoms with Crippen LogP contribution in [0.15, 0.2) is 34.4 Å². The molecule has 6 heteroatoms. The molecule has 0 aromatic carbocycles. The molecule has 0 aliphatic carbocycles. The Labute approximate surface area is 117 Å². The third-order valence-electron chi connectivity index (χ3n) is 2.21. The number of amides is 1. The van der Waals surface area contributed by atoms with Gasteiger partial charge in [0.1, 0.15) is 5.82 Å². The van der Waals surface area contributed by atoms with Gasteiger partial charge in [-0.25, -0.2) is 4.98 Å². The van der Waals surface area contributed by atoms with E-state index in [0.29, 0.717) is 13.0 Å². The molecule has 0 radical (unpaired) electrons. The van der Waals surface area contributed by atoms with E-state index in [4.69, 9.17) is 0 Å². The number of hydrogen-bond donors (Lipinski definition) is 2. The highest BCUT2D eigenvalue weighted by Crippen LogP contribution is 2.22. The number of carbonyl (C=O) groups excluding carboxylic acids is 1. The molecule has 2 aromatic rings. The van der Waals surface area contributed by atoms with Gasteiger partial charge in [-0.2, -0.15) is 0 Å². The smallest absolute Gasteiger partial charge is 0.244 e. The maximum atomic E-state index is 11.5. The molecule has 2 rings (SSSR count). The molecule has 94 valence electrons. The first-order valence-corrected chi connectivity index (χ1v) is 7.04. The molecular weight excluding hydrogens is 314 g/mol. The van der Waals surface area contributed by atoms with E-state index in [0.717, 1.165) is 14.5 Å². The molecule has 18 heavy (non-hydrogen) atoms. The van der Waals surface area contributed by atoms with Crippen molar-refractivity contribution in [2.45, 2.75) is 6.42 Å². The number of aromatic nitrogens is 2. The molecule has 0 bridgehead atoms. The first kappa shape index (κ1) is 13.0. The van der Waals surface area contributed by atoms with Crippen LogP contribution in [0.3, 0.4) is 0 Å². The van der Waals surface area contributed by atoms with Crippen LogP contribution in [0.1, 0.15) is 10.7 Å². The first-order valence-electron chi connectivity index (χ1n) is 5.43. The maximum absolute atomic E-state index is 11.5. The molecule has 0 aliphatic rings. The molecule has 0 atom stereocenters. The summed E-state index contributed by atoms with van der Waals surface area (Å²) in [6.45, 7) is 0.574. The predicted octanol–water partition coefficient (Wildman–Crippen LogP) is 2.61. The second kappa shape index (κ2) is 6.51. The highest BCUT2D eigenvalue weighted by Gasteiger charge is 1.98. The highest BCUT2D eigenvalue weighted by molar-refractivity contribution is 9.11. The third kappa shape index (κ3) is 4.12. The van der Waals surface area contributed by atoms with Gasteiger partial charge in [0.05, 0.1) is 3.79 Å². The van der Waals surface area contributed by atoms with Crippen LogP contribution in [0.5, 0.6) is 0 Å². The van der Waals surface area contributed by atoms with E-state index < -0.39 is 0 Å². The molecule has 0 spiro atoms. The second-order valence-corrected chi connectivity index (χ2v) is 6.05.